The van der Waals surface area contributed by atoms with E-state index in [1.165, 1.54) is 11.1 Å². The summed E-state index contributed by atoms with van der Waals surface area (Å²) in [6, 6.07) is 14.1. The average molecular weight is 832 g/mol. The molecule has 2 bridgehead atoms. The van der Waals surface area contributed by atoms with Crippen molar-refractivity contribution < 1.29 is 28.0 Å². The number of allylic oxidation sites excluding steroid dienone is 1. The topological polar surface area (TPSA) is 103 Å². The second kappa shape index (κ2) is 17.2. The van der Waals surface area contributed by atoms with Gasteiger partial charge in [-0.1, -0.05) is 36.7 Å². The molecule has 0 N–H and O–H groups in total. The minimum absolute atomic E-state index is 0.0469. The van der Waals surface area contributed by atoms with Crippen molar-refractivity contribution >= 4 is 38.7 Å². The SMILES string of the molecule is CO[C@H]1/C=C/C[C@H](C)C[S@@](=O)(CC(=O)c2cc(CN(C)C3CCOCC3)n(C)c2)=NC(=O)c2ccc3c(c2)N(C[C@@H]2CC[C@H]21)C[C@@]1(CCCc2cc(Cl)ccc21)CO3. The van der Waals surface area contributed by atoms with E-state index in [4.69, 9.17) is 25.8 Å². The molecule has 8 rings (SSSR count). The molecule has 6 atom stereocenters. The Morgan fingerprint density at radius 2 is 1.95 bits per heavy atom. The summed E-state index contributed by atoms with van der Waals surface area (Å²) in [4.78, 5) is 33.1. The maximum Gasteiger partial charge on any atom is 0.285 e. The molecule has 10 nitrogen and oxygen atoms in total. The number of hydrogen-bond donors (Lipinski definition) is 0. The van der Waals surface area contributed by atoms with Crippen molar-refractivity contribution in [2.75, 3.05) is 63.5 Å². The first-order valence-electron chi connectivity index (χ1n) is 21.2. The first-order valence-corrected chi connectivity index (χ1v) is 23.4. The van der Waals surface area contributed by atoms with Gasteiger partial charge in [0.15, 0.2) is 5.78 Å². The molecule has 58 heavy (non-hydrogen) atoms. The third kappa shape index (κ3) is 8.71. The van der Waals surface area contributed by atoms with Crippen LogP contribution in [0, 0.1) is 17.8 Å². The number of carbonyl (C=O) groups is 2. The minimum atomic E-state index is -3.31. The fourth-order valence-electron chi connectivity index (χ4n) is 10.2. The van der Waals surface area contributed by atoms with Crippen LogP contribution in [-0.4, -0.2) is 96.1 Å². The van der Waals surface area contributed by atoms with Crippen LogP contribution >= 0.6 is 11.6 Å². The highest BCUT2D eigenvalue weighted by molar-refractivity contribution is 7.94. The van der Waals surface area contributed by atoms with Crippen molar-refractivity contribution in [3.05, 3.63) is 93.8 Å². The Morgan fingerprint density at radius 1 is 1.12 bits per heavy atom. The lowest BCUT2D eigenvalue weighted by Crippen LogP contribution is -2.49. The van der Waals surface area contributed by atoms with Crippen molar-refractivity contribution in [1.29, 1.82) is 0 Å². The number of hydrogen-bond acceptors (Lipinski definition) is 8. The van der Waals surface area contributed by atoms with Crippen LogP contribution in [0.5, 0.6) is 5.75 Å². The van der Waals surface area contributed by atoms with Gasteiger partial charge in [-0.25, -0.2) is 4.21 Å². The molecule has 2 fully saturated rings. The van der Waals surface area contributed by atoms with Gasteiger partial charge in [-0.2, -0.15) is 4.36 Å². The molecule has 2 aromatic carbocycles. The number of aryl methyl sites for hydroxylation is 2. The molecule has 1 amide bonds. The summed E-state index contributed by atoms with van der Waals surface area (Å²) in [7, 11) is 2.52. The molecule has 1 aromatic heterocycles. The van der Waals surface area contributed by atoms with E-state index in [9.17, 15) is 13.8 Å². The number of anilines is 1. The third-order valence-corrected chi connectivity index (χ3v) is 16.1. The van der Waals surface area contributed by atoms with Crippen LogP contribution in [0.1, 0.15) is 89.4 Å². The molecule has 1 spiro atoms. The van der Waals surface area contributed by atoms with Gasteiger partial charge in [0.2, 0.25) is 0 Å². The van der Waals surface area contributed by atoms with Crippen LogP contribution in [-0.2, 0) is 44.6 Å². The normalized spacial score (nSPS) is 29.8. The Kier molecular flexibility index (Phi) is 12.3. The highest BCUT2D eigenvalue weighted by Crippen LogP contribution is 2.47. The second-order valence-corrected chi connectivity index (χ2v) is 20.5. The van der Waals surface area contributed by atoms with Crippen molar-refractivity contribution in [2.24, 2.45) is 29.2 Å². The zero-order valence-corrected chi connectivity index (χ0v) is 36.1. The molecule has 12 heteroatoms. The van der Waals surface area contributed by atoms with E-state index < -0.39 is 15.6 Å². The maximum absolute atomic E-state index is 15.0. The Hall–Kier alpha value is -3.48. The van der Waals surface area contributed by atoms with E-state index in [0.29, 0.717) is 48.6 Å². The molecule has 3 aromatic rings. The molecule has 0 radical (unpaired) electrons. The summed E-state index contributed by atoms with van der Waals surface area (Å²) < 4.78 is 39.8. The largest absolute Gasteiger partial charge is 0.490 e. The van der Waals surface area contributed by atoms with Gasteiger partial charge in [0.05, 0.1) is 33.9 Å². The highest BCUT2D eigenvalue weighted by atomic mass is 35.5. The molecule has 0 unspecified atom stereocenters. The third-order valence-electron chi connectivity index (χ3n) is 13.6. The van der Waals surface area contributed by atoms with Crippen LogP contribution in [0.3, 0.4) is 0 Å². The lowest BCUT2D eigenvalue weighted by Gasteiger charge is -2.46. The van der Waals surface area contributed by atoms with E-state index in [-0.39, 0.29) is 34.7 Å². The Labute approximate surface area is 349 Å². The molecule has 1 saturated carbocycles. The van der Waals surface area contributed by atoms with E-state index in [2.05, 4.69) is 45.5 Å². The number of rotatable bonds is 7. The Bertz CT molecular complexity index is 2170. The number of carbonyl (C=O) groups excluding carboxylic acids is 2. The molecule has 2 aliphatic carbocycles. The van der Waals surface area contributed by atoms with Gasteiger partial charge in [0, 0.05) is 92.3 Å². The van der Waals surface area contributed by atoms with E-state index in [0.717, 1.165) is 93.4 Å². The van der Waals surface area contributed by atoms with E-state index in [1.807, 2.05) is 49.0 Å². The van der Waals surface area contributed by atoms with Gasteiger partial charge in [0.25, 0.3) is 5.91 Å². The number of Topliss-reactive ketones (excluding diaryl/α,β-unsaturated/α-hetero) is 1. The zero-order valence-electron chi connectivity index (χ0n) is 34.5. The number of ether oxygens (including phenoxy) is 3. The summed E-state index contributed by atoms with van der Waals surface area (Å²) in [6.07, 6.45) is 13.8. The molecule has 5 aliphatic rings. The number of aromatic nitrogens is 1. The second-order valence-electron chi connectivity index (χ2n) is 17.8. The summed E-state index contributed by atoms with van der Waals surface area (Å²) in [5.74, 6) is 0.326. The summed E-state index contributed by atoms with van der Waals surface area (Å²) in [5, 5.41) is 0.747. The van der Waals surface area contributed by atoms with Gasteiger partial charge in [0.1, 0.15) is 5.75 Å². The van der Waals surface area contributed by atoms with Crippen LogP contribution < -0.4 is 9.64 Å². The molecule has 4 heterocycles. The number of amides is 1. The summed E-state index contributed by atoms with van der Waals surface area (Å²) in [6.45, 7) is 6.25. The number of fused-ring (bicyclic) bond motifs is 4. The van der Waals surface area contributed by atoms with E-state index >= 15 is 0 Å². The molecule has 312 valence electrons. The monoisotopic (exact) mass is 830 g/mol. The predicted octanol–water partition coefficient (Wildman–Crippen LogP) is 7.89. The number of ketones is 1. The van der Waals surface area contributed by atoms with Crippen molar-refractivity contribution in [2.45, 2.75) is 82.4 Å². The predicted molar refractivity (Wildman–Crippen MR) is 230 cm³/mol. The fraction of sp³-hybridized carbons (Fsp3) is 0.565. The standard InChI is InChI=1S/C46H59ClN4O6S/c1-31-7-5-9-43(55-4)39-13-10-34(39)25-51-29-46(18-6-8-32-21-36(47)12-14-40(32)46)30-57-44-15-11-33(23-41(44)51)45(53)48-58(54,27-31)28-42(52)35-22-38(49(2)24-35)26-50(3)37-16-19-56-20-17-37/h5,9,11-12,14-15,21-24,31,34,37,39,43H,6-8,10,13,16-20,25-30H2,1-4H3/b9-5+/t31-,34-,39+,43-,46-,58+/m0/s1. The zero-order chi connectivity index (χ0) is 40.6. The highest BCUT2D eigenvalue weighted by Gasteiger charge is 2.44. The van der Waals surface area contributed by atoms with Gasteiger partial charge < -0.3 is 23.7 Å². The van der Waals surface area contributed by atoms with Crippen molar-refractivity contribution in [3.8, 4) is 5.75 Å². The first-order chi connectivity index (χ1) is 27.9. The number of benzene rings is 2. The molecular formula is C46H59ClN4O6S. The van der Waals surface area contributed by atoms with Crippen LogP contribution in [0.2, 0.25) is 5.02 Å². The smallest absolute Gasteiger partial charge is 0.285 e. The van der Waals surface area contributed by atoms with E-state index in [1.54, 1.807) is 13.2 Å². The number of methoxy groups -OCH3 is 1. The summed E-state index contributed by atoms with van der Waals surface area (Å²) in [5.41, 5.74) is 4.98. The Morgan fingerprint density at radius 3 is 2.72 bits per heavy atom. The minimum Gasteiger partial charge on any atom is -0.490 e. The summed E-state index contributed by atoms with van der Waals surface area (Å²) >= 11 is 6.50. The lowest BCUT2D eigenvalue weighted by molar-refractivity contribution is 0.0131. The van der Waals surface area contributed by atoms with Crippen LogP contribution in [0.4, 0.5) is 5.69 Å². The fourth-order valence-corrected chi connectivity index (χ4v) is 12.6. The van der Waals surface area contributed by atoms with Crippen molar-refractivity contribution in [1.82, 2.24) is 9.47 Å². The Balaban J connectivity index is 1.13. The molecule has 1 saturated heterocycles. The average Bonchev–Trinajstić information content (AvgIpc) is 3.49. The quantitative estimate of drug-likeness (QED) is 0.175. The van der Waals surface area contributed by atoms with Gasteiger partial charge in [-0.3, -0.25) is 14.5 Å². The van der Waals surface area contributed by atoms with Gasteiger partial charge in [-0.15, -0.1) is 0 Å². The lowest BCUT2D eigenvalue weighted by atomic mass is 9.68. The number of halogens is 1. The maximum atomic E-state index is 15.0. The van der Waals surface area contributed by atoms with Crippen LogP contribution in [0.25, 0.3) is 0 Å². The molecular weight excluding hydrogens is 772 g/mol. The molecule has 3 aliphatic heterocycles. The van der Waals surface area contributed by atoms with Gasteiger partial charge >= 0.3 is 0 Å². The van der Waals surface area contributed by atoms with Crippen molar-refractivity contribution in [3.63, 3.8) is 0 Å². The number of nitrogens with zero attached hydrogens (tertiary/aromatic N) is 4. The first kappa shape index (κ1) is 41.3. The van der Waals surface area contributed by atoms with Crippen LogP contribution in [0.15, 0.2) is 65.2 Å². The van der Waals surface area contributed by atoms with Gasteiger partial charge in [-0.05, 0) is 124 Å².